The Morgan fingerprint density at radius 3 is 1.63 bits per heavy atom. The van der Waals surface area contributed by atoms with E-state index in [0.29, 0.717) is 17.5 Å². The van der Waals surface area contributed by atoms with Crippen LogP contribution in [0.15, 0.2) is 174 Å². The van der Waals surface area contributed by atoms with Gasteiger partial charge in [0, 0.05) is 43.9 Å². The van der Waals surface area contributed by atoms with E-state index < -0.39 is 0 Å². The Labute approximate surface area is 308 Å². The maximum atomic E-state index is 6.45. The van der Waals surface area contributed by atoms with Crippen LogP contribution in [-0.2, 0) is 0 Å². The molecule has 9 aromatic carbocycles. The summed E-state index contributed by atoms with van der Waals surface area (Å²) in [5.41, 5.74) is 7.89. The molecule has 5 nitrogen and oxygen atoms in total. The number of furan rings is 1. The highest BCUT2D eigenvalue weighted by Crippen LogP contribution is 2.46. The van der Waals surface area contributed by atoms with Crippen LogP contribution in [0.3, 0.4) is 0 Å². The molecule has 0 amide bonds. The van der Waals surface area contributed by atoms with Crippen molar-refractivity contribution in [1.82, 2.24) is 19.5 Å². The fourth-order valence-corrected chi connectivity index (χ4v) is 8.59. The van der Waals surface area contributed by atoms with Gasteiger partial charge in [0.1, 0.15) is 11.2 Å². The molecular weight excluding hydrogens is 661 g/mol. The predicted molar refractivity (Wildman–Crippen MR) is 221 cm³/mol. The summed E-state index contributed by atoms with van der Waals surface area (Å²) >= 11 is 0. The largest absolute Gasteiger partial charge is 0.456 e. The molecule has 0 aliphatic rings. The standard InChI is InChI=1S/C49H28N4O/c1-3-12-30(13-4-1)47-50-48(31-14-5-2-6-15-31)52-49(51-47)32-22-25-42-38(27-32)39-28-33(23-26-43(39)54-42)53-40-19-9-17-35-36-24-21-29-11-7-8-16-34(29)44(36)37-18-10-20-41(53)46(37)45(35)40/h1-28H. The lowest BCUT2D eigenvalue weighted by atomic mass is 9.91. The summed E-state index contributed by atoms with van der Waals surface area (Å²) in [4.78, 5) is 14.9. The molecule has 0 bridgehead atoms. The Morgan fingerprint density at radius 2 is 0.907 bits per heavy atom. The summed E-state index contributed by atoms with van der Waals surface area (Å²) in [6.07, 6.45) is 0. The molecule has 0 N–H and O–H groups in total. The zero-order valence-electron chi connectivity index (χ0n) is 28.9. The van der Waals surface area contributed by atoms with Gasteiger partial charge < -0.3 is 8.98 Å². The maximum Gasteiger partial charge on any atom is 0.164 e. The first-order valence-electron chi connectivity index (χ1n) is 18.2. The Balaban J connectivity index is 1.08. The van der Waals surface area contributed by atoms with E-state index in [0.717, 1.165) is 44.3 Å². The fourth-order valence-electron chi connectivity index (χ4n) is 8.59. The summed E-state index contributed by atoms with van der Waals surface area (Å²) in [5, 5.41) is 12.3. The van der Waals surface area contributed by atoms with Crippen molar-refractivity contribution in [2.75, 3.05) is 0 Å². The fraction of sp³-hybridized carbons (Fsp3) is 0. The molecule has 0 unspecified atom stereocenters. The number of benzene rings is 9. The highest BCUT2D eigenvalue weighted by atomic mass is 16.3. The summed E-state index contributed by atoms with van der Waals surface area (Å²) < 4.78 is 8.86. The molecule has 5 heteroatoms. The molecule has 12 aromatic rings. The van der Waals surface area contributed by atoms with E-state index in [4.69, 9.17) is 19.4 Å². The van der Waals surface area contributed by atoms with Gasteiger partial charge in [-0.3, -0.25) is 0 Å². The van der Waals surface area contributed by atoms with Crippen molar-refractivity contribution >= 4 is 76.1 Å². The topological polar surface area (TPSA) is 56.7 Å². The number of aromatic nitrogens is 4. The van der Waals surface area contributed by atoms with E-state index in [2.05, 4.69) is 102 Å². The van der Waals surface area contributed by atoms with Crippen LogP contribution in [0.5, 0.6) is 0 Å². The number of rotatable bonds is 4. The maximum absolute atomic E-state index is 6.45. The van der Waals surface area contributed by atoms with Gasteiger partial charge in [0.05, 0.1) is 11.0 Å². The Morgan fingerprint density at radius 1 is 0.352 bits per heavy atom. The smallest absolute Gasteiger partial charge is 0.164 e. The Kier molecular flexibility index (Phi) is 5.99. The zero-order chi connectivity index (χ0) is 35.3. The van der Waals surface area contributed by atoms with E-state index in [-0.39, 0.29) is 0 Å². The van der Waals surface area contributed by atoms with Crippen molar-refractivity contribution in [3.05, 3.63) is 170 Å². The van der Waals surface area contributed by atoms with Crippen LogP contribution < -0.4 is 0 Å². The van der Waals surface area contributed by atoms with Gasteiger partial charge in [0.15, 0.2) is 17.5 Å². The summed E-state index contributed by atoms with van der Waals surface area (Å²) in [5.74, 6) is 1.89. The van der Waals surface area contributed by atoms with E-state index in [1.807, 2.05) is 72.8 Å². The first-order chi connectivity index (χ1) is 26.8. The lowest BCUT2D eigenvalue weighted by Gasteiger charge is -2.11. The molecule has 0 saturated heterocycles. The minimum absolute atomic E-state index is 0.614. The quantitative estimate of drug-likeness (QED) is 0.173. The molecule has 0 fully saturated rings. The second-order valence-electron chi connectivity index (χ2n) is 14.0. The first-order valence-corrected chi connectivity index (χ1v) is 18.2. The summed E-state index contributed by atoms with van der Waals surface area (Å²) in [6.45, 7) is 0. The normalized spacial score (nSPS) is 12.1. The average molecular weight is 689 g/mol. The van der Waals surface area contributed by atoms with Gasteiger partial charge in [-0.05, 0) is 80.8 Å². The van der Waals surface area contributed by atoms with Crippen LogP contribution in [0, 0.1) is 0 Å². The van der Waals surface area contributed by atoms with Gasteiger partial charge >= 0.3 is 0 Å². The second kappa shape index (κ2) is 11.1. The second-order valence-corrected chi connectivity index (χ2v) is 14.0. The van der Waals surface area contributed by atoms with Gasteiger partial charge in [-0.1, -0.05) is 121 Å². The number of nitrogens with zero attached hydrogens (tertiary/aromatic N) is 4. The molecule has 3 aromatic heterocycles. The lowest BCUT2D eigenvalue weighted by Crippen LogP contribution is -2.00. The molecular formula is C49H28N4O. The number of hydrogen-bond acceptors (Lipinski definition) is 4. The molecule has 0 aliphatic carbocycles. The Hall–Kier alpha value is -7.37. The minimum Gasteiger partial charge on any atom is -0.456 e. The SMILES string of the molecule is c1ccc(-c2nc(-c3ccccc3)nc(-c3ccc4oc5ccc(-n6c7cccc8c9ccc%10ccccc%10c9c9cccc6c9c87)cc5c4c3)n2)cc1. The highest BCUT2D eigenvalue weighted by Gasteiger charge is 2.21. The molecule has 0 atom stereocenters. The van der Waals surface area contributed by atoms with Gasteiger partial charge in [0.25, 0.3) is 0 Å². The third-order valence-corrected chi connectivity index (χ3v) is 11.0. The lowest BCUT2D eigenvalue weighted by molar-refractivity contribution is 0.669. The van der Waals surface area contributed by atoms with E-state index in [9.17, 15) is 0 Å². The van der Waals surface area contributed by atoms with Crippen molar-refractivity contribution in [2.24, 2.45) is 0 Å². The average Bonchev–Trinajstić information content (AvgIpc) is 3.79. The third-order valence-electron chi connectivity index (χ3n) is 11.0. The van der Waals surface area contributed by atoms with Crippen molar-refractivity contribution in [3.8, 4) is 39.9 Å². The molecule has 0 radical (unpaired) electrons. The zero-order valence-corrected chi connectivity index (χ0v) is 28.9. The van der Waals surface area contributed by atoms with Gasteiger partial charge in [0.2, 0.25) is 0 Å². The molecule has 12 rings (SSSR count). The molecule has 0 aliphatic heterocycles. The van der Waals surface area contributed by atoms with Gasteiger partial charge in [-0.2, -0.15) is 0 Å². The molecule has 0 saturated carbocycles. The predicted octanol–water partition coefficient (Wildman–Crippen LogP) is 12.8. The summed E-state index contributed by atoms with van der Waals surface area (Å²) in [6, 6.07) is 59.6. The van der Waals surface area contributed by atoms with Crippen molar-refractivity contribution in [2.45, 2.75) is 0 Å². The molecule has 54 heavy (non-hydrogen) atoms. The van der Waals surface area contributed by atoms with Crippen molar-refractivity contribution in [1.29, 1.82) is 0 Å². The van der Waals surface area contributed by atoms with Crippen LogP contribution in [-0.4, -0.2) is 19.5 Å². The summed E-state index contributed by atoms with van der Waals surface area (Å²) in [7, 11) is 0. The van der Waals surface area contributed by atoms with Crippen LogP contribution >= 0.6 is 0 Å². The van der Waals surface area contributed by atoms with E-state index >= 15 is 0 Å². The van der Waals surface area contributed by atoms with E-state index in [1.165, 1.54) is 54.1 Å². The van der Waals surface area contributed by atoms with Crippen molar-refractivity contribution in [3.63, 3.8) is 0 Å². The molecule has 3 heterocycles. The van der Waals surface area contributed by atoms with Crippen LogP contribution in [0.2, 0.25) is 0 Å². The van der Waals surface area contributed by atoms with Gasteiger partial charge in [-0.15, -0.1) is 0 Å². The minimum atomic E-state index is 0.614. The van der Waals surface area contributed by atoms with Crippen LogP contribution in [0.25, 0.3) is 116 Å². The first kappa shape index (κ1) is 29.2. The Bertz CT molecular complexity index is 3380. The molecule has 250 valence electrons. The van der Waals surface area contributed by atoms with Crippen LogP contribution in [0.1, 0.15) is 0 Å². The molecule has 0 spiro atoms. The van der Waals surface area contributed by atoms with E-state index in [1.54, 1.807) is 0 Å². The third kappa shape index (κ3) is 4.18. The number of hydrogen-bond donors (Lipinski definition) is 0. The highest BCUT2D eigenvalue weighted by molar-refractivity contribution is 6.38. The monoisotopic (exact) mass is 688 g/mol. The number of fused-ring (bicyclic) bond motifs is 8. The van der Waals surface area contributed by atoms with Crippen LogP contribution in [0.4, 0.5) is 0 Å². The van der Waals surface area contributed by atoms with Crippen molar-refractivity contribution < 1.29 is 4.42 Å². The van der Waals surface area contributed by atoms with Gasteiger partial charge in [-0.25, -0.2) is 15.0 Å².